The molecule has 0 radical (unpaired) electrons. The van der Waals surface area contributed by atoms with Gasteiger partial charge in [0, 0.05) is 18.8 Å². The number of nitrogens with one attached hydrogen (secondary N) is 1. The van der Waals surface area contributed by atoms with Crippen molar-refractivity contribution in [3.63, 3.8) is 0 Å². The molecule has 2 heterocycles. The SMILES string of the molecule is CCCCCN1C(=O)COc2ccc(NC(=O)C3CCCO3)cc21. The number of benzene rings is 1. The number of unbranched alkanes of at least 4 members (excludes halogenated alkanes) is 2. The molecule has 130 valence electrons. The molecule has 0 spiro atoms. The summed E-state index contributed by atoms with van der Waals surface area (Å²) in [6, 6.07) is 5.41. The van der Waals surface area contributed by atoms with Crippen molar-refractivity contribution in [2.75, 3.05) is 30.0 Å². The van der Waals surface area contributed by atoms with E-state index >= 15 is 0 Å². The van der Waals surface area contributed by atoms with Crippen LogP contribution in [0.5, 0.6) is 5.75 Å². The summed E-state index contributed by atoms with van der Waals surface area (Å²) in [5.41, 5.74) is 1.39. The first-order chi connectivity index (χ1) is 11.7. The van der Waals surface area contributed by atoms with Gasteiger partial charge in [-0.2, -0.15) is 0 Å². The highest BCUT2D eigenvalue weighted by molar-refractivity contribution is 6.00. The minimum Gasteiger partial charge on any atom is -0.482 e. The van der Waals surface area contributed by atoms with E-state index in [9.17, 15) is 9.59 Å². The van der Waals surface area contributed by atoms with Gasteiger partial charge in [0.05, 0.1) is 5.69 Å². The lowest BCUT2D eigenvalue weighted by Gasteiger charge is -2.30. The Morgan fingerprint density at radius 2 is 2.25 bits per heavy atom. The van der Waals surface area contributed by atoms with Gasteiger partial charge in [-0.3, -0.25) is 9.59 Å². The van der Waals surface area contributed by atoms with Crippen LogP contribution in [0.25, 0.3) is 0 Å². The third kappa shape index (κ3) is 3.70. The Balaban J connectivity index is 1.74. The molecular formula is C18H24N2O4. The third-order valence-corrected chi connectivity index (χ3v) is 4.38. The number of carbonyl (C=O) groups is 2. The molecule has 0 saturated carbocycles. The highest BCUT2D eigenvalue weighted by atomic mass is 16.5. The monoisotopic (exact) mass is 332 g/mol. The Labute approximate surface area is 142 Å². The Bertz CT molecular complexity index is 611. The van der Waals surface area contributed by atoms with E-state index in [1.54, 1.807) is 17.0 Å². The van der Waals surface area contributed by atoms with Gasteiger partial charge in [0.15, 0.2) is 6.61 Å². The smallest absolute Gasteiger partial charge is 0.265 e. The van der Waals surface area contributed by atoms with Crippen molar-refractivity contribution < 1.29 is 19.1 Å². The fraction of sp³-hybridized carbons (Fsp3) is 0.556. The van der Waals surface area contributed by atoms with Gasteiger partial charge in [0.25, 0.3) is 11.8 Å². The minimum atomic E-state index is -0.375. The van der Waals surface area contributed by atoms with Gasteiger partial charge in [-0.1, -0.05) is 19.8 Å². The van der Waals surface area contributed by atoms with Crippen LogP contribution in [-0.4, -0.2) is 37.7 Å². The molecule has 6 nitrogen and oxygen atoms in total. The summed E-state index contributed by atoms with van der Waals surface area (Å²) in [6.45, 7) is 3.51. The number of fused-ring (bicyclic) bond motifs is 1. The highest BCUT2D eigenvalue weighted by Crippen LogP contribution is 2.35. The lowest BCUT2D eigenvalue weighted by Crippen LogP contribution is -2.39. The third-order valence-electron chi connectivity index (χ3n) is 4.38. The number of amides is 2. The summed E-state index contributed by atoms with van der Waals surface area (Å²) in [7, 11) is 0. The van der Waals surface area contributed by atoms with Gasteiger partial charge < -0.3 is 19.7 Å². The van der Waals surface area contributed by atoms with Crippen LogP contribution in [0.15, 0.2) is 18.2 Å². The second kappa shape index (κ2) is 7.66. The van der Waals surface area contributed by atoms with Crippen LogP contribution in [0.3, 0.4) is 0 Å². The molecule has 2 aliphatic heterocycles. The molecule has 3 rings (SSSR count). The van der Waals surface area contributed by atoms with E-state index in [0.29, 0.717) is 24.6 Å². The number of hydrogen-bond donors (Lipinski definition) is 1. The Kier molecular flexibility index (Phi) is 5.35. The second-order valence-electron chi connectivity index (χ2n) is 6.21. The fourth-order valence-electron chi connectivity index (χ4n) is 3.05. The maximum absolute atomic E-state index is 12.2. The zero-order valence-electron chi connectivity index (χ0n) is 14.0. The summed E-state index contributed by atoms with van der Waals surface area (Å²) in [5, 5.41) is 2.88. The Morgan fingerprint density at radius 3 is 3.00 bits per heavy atom. The predicted molar refractivity (Wildman–Crippen MR) is 91.4 cm³/mol. The maximum atomic E-state index is 12.2. The summed E-state index contributed by atoms with van der Waals surface area (Å²) < 4.78 is 10.9. The molecule has 1 aromatic carbocycles. The van der Waals surface area contributed by atoms with Crippen molar-refractivity contribution in [3.8, 4) is 5.75 Å². The van der Waals surface area contributed by atoms with Gasteiger partial charge in [-0.05, 0) is 37.5 Å². The van der Waals surface area contributed by atoms with E-state index in [2.05, 4.69) is 12.2 Å². The van der Waals surface area contributed by atoms with Crippen LogP contribution in [0.1, 0.15) is 39.0 Å². The molecule has 1 aromatic rings. The molecule has 1 N–H and O–H groups in total. The van der Waals surface area contributed by atoms with Crippen molar-refractivity contribution in [1.82, 2.24) is 0 Å². The molecule has 2 amide bonds. The maximum Gasteiger partial charge on any atom is 0.265 e. The first-order valence-electron chi connectivity index (χ1n) is 8.68. The van der Waals surface area contributed by atoms with E-state index in [1.807, 2.05) is 6.07 Å². The molecular weight excluding hydrogens is 308 g/mol. The molecule has 6 heteroatoms. The van der Waals surface area contributed by atoms with Crippen molar-refractivity contribution in [3.05, 3.63) is 18.2 Å². The van der Waals surface area contributed by atoms with Crippen molar-refractivity contribution >= 4 is 23.2 Å². The molecule has 2 aliphatic rings. The first kappa shape index (κ1) is 16.8. The van der Waals surface area contributed by atoms with Crippen LogP contribution in [0.2, 0.25) is 0 Å². The first-order valence-corrected chi connectivity index (χ1v) is 8.68. The second-order valence-corrected chi connectivity index (χ2v) is 6.21. The number of anilines is 2. The van der Waals surface area contributed by atoms with Crippen molar-refractivity contribution in [2.45, 2.75) is 45.1 Å². The van der Waals surface area contributed by atoms with E-state index in [4.69, 9.17) is 9.47 Å². The van der Waals surface area contributed by atoms with Crippen LogP contribution in [0, 0.1) is 0 Å². The summed E-state index contributed by atoms with van der Waals surface area (Å²) in [5.74, 6) is 0.510. The predicted octanol–water partition coefficient (Wildman–Crippen LogP) is 2.72. The minimum absolute atomic E-state index is 0.0406. The number of nitrogens with zero attached hydrogens (tertiary/aromatic N) is 1. The average Bonchev–Trinajstić information content (AvgIpc) is 3.12. The molecule has 1 fully saturated rings. The lowest BCUT2D eigenvalue weighted by molar-refractivity contribution is -0.124. The normalized spacial score (nSPS) is 19.8. The molecule has 1 saturated heterocycles. The van der Waals surface area contributed by atoms with E-state index < -0.39 is 0 Å². The lowest BCUT2D eigenvalue weighted by atomic mass is 10.1. The molecule has 1 atom stereocenters. The summed E-state index contributed by atoms with van der Waals surface area (Å²) >= 11 is 0. The zero-order chi connectivity index (χ0) is 16.9. The quantitative estimate of drug-likeness (QED) is 0.813. The Morgan fingerprint density at radius 1 is 1.38 bits per heavy atom. The van der Waals surface area contributed by atoms with Gasteiger partial charge in [0.1, 0.15) is 11.9 Å². The van der Waals surface area contributed by atoms with Crippen LogP contribution in [-0.2, 0) is 14.3 Å². The topological polar surface area (TPSA) is 67.9 Å². The standard InChI is InChI=1S/C18H24N2O4/c1-2-3-4-9-20-14-11-13(7-8-15(14)24-12-17(20)21)19-18(22)16-6-5-10-23-16/h7-8,11,16H,2-6,9-10,12H2,1H3,(H,19,22). The fourth-order valence-corrected chi connectivity index (χ4v) is 3.05. The van der Waals surface area contributed by atoms with Crippen molar-refractivity contribution in [1.29, 1.82) is 0 Å². The van der Waals surface area contributed by atoms with Crippen molar-refractivity contribution in [2.24, 2.45) is 0 Å². The van der Waals surface area contributed by atoms with Gasteiger partial charge in [0.2, 0.25) is 0 Å². The van der Waals surface area contributed by atoms with Crippen LogP contribution < -0.4 is 15.0 Å². The molecule has 24 heavy (non-hydrogen) atoms. The summed E-state index contributed by atoms with van der Waals surface area (Å²) in [6.07, 6.45) is 4.42. The molecule has 1 unspecified atom stereocenters. The molecule has 0 bridgehead atoms. The number of ether oxygens (including phenoxy) is 2. The molecule has 0 aliphatic carbocycles. The largest absolute Gasteiger partial charge is 0.482 e. The number of hydrogen-bond acceptors (Lipinski definition) is 4. The van der Waals surface area contributed by atoms with Gasteiger partial charge in [-0.15, -0.1) is 0 Å². The van der Waals surface area contributed by atoms with E-state index in [-0.39, 0.29) is 24.5 Å². The number of carbonyl (C=O) groups excluding carboxylic acids is 2. The molecule has 0 aromatic heterocycles. The average molecular weight is 332 g/mol. The zero-order valence-corrected chi connectivity index (χ0v) is 14.0. The highest BCUT2D eigenvalue weighted by Gasteiger charge is 2.27. The van der Waals surface area contributed by atoms with Gasteiger partial charge in [-0.25, -0.2) is 0 Å². The van der Waals surface area contributed by atoms with Crippen LogP contribution >= 0.6 is 0 Å². The van der Waals surface area contributed by atoms with E-state index in [0.717, 1.165) is 37.8 Å². The van der Waals surface area contributed by atoms with Gasteiger partial charge >= 0.3 is 0 Å². The number of rotatable bonds is 6. The Hall–Kier alpha value is -2.08. The summed E-state index contributed by atoms with van der Waals surface area (Å²) in [4.78, 5) is 26.1. The van der Waals surface area contributed by atoms with Crippen LogP contribution in [0.4, 0.5) is 11.4 Å². The van der Waals surface area contributed by atoms with E-state index in [1.165, 1.54) is 0 Å².